The predicted octanol–water partition coefficient (Wildman–Crippen LogP) is 6.47. The summed E-state index contributed by atoms with van der Waals surface area (Å²) in [7, 11) is -4.13. The van der Waals surface area contributed by atoms with Crippen LogP contribution in [0.25, 0.3) is 0 Å². The van der Waals surface area contributed by atoms with E-state index in [-0.39, 0.29) is 21.7 Å². The fourth-order valence-electron chi connectivity index (χ4n) is 3.69. The van der Waals surface area contributed by atoms with Crippen molar-refractivity contribution in [3.05, 3.63) is 131 Å². The van der Waals surface area contributed by atoms with Gasteiger partial charge in [0.25, 0.3) is 5.41 Å². The van der Waals surface area contributed by atoms with Crippen LogP contribution in [0.15, 0.2) is 120 Å². The molecule has 0 aliphatic rings. The third-order valence-corrected chi connectivity index (χ3v) is 9.15. The standard InChI is InChI=1S/C26H19BrFO2P/c27-22-18-16-20(17-19-22)25(29)26(28,21-10-4-1-5-11-21)31(30,23-12-6-2-7-13-23)24-14-8-3-9-15-24/h1-19H/t26-/m0/s1. The second kappa shape index (κ2) is 8.74. The zero-order valence-electron chi connectivity index (χ0n) is 16.5. The van der Waals surface area contributed by atoms with Crippen LogP contribution in [0.3, 0.4) is 0 Å². The van der Waals surface area contributed by atoms with Crippen molar-refractivity contribution < 1.29 is 13.8 Å². The van der Waals surface area contributed by atoms with Gasteiger partial charge in [-0.2, -0.15) is 0 Å². The molecule has 2 nitrogen and oxygen atoms in total. The molecule has 0 amide bonds. The molecule has 0 saturated heterocycles. The summed E-state index contributed by atoms with van der Waals surface area (Å²) in [6, 6.07) is 31.4. The molecule has 0 spiro atoms. The van der Waals surface area contributed by atoms with E-state index in [1.165, 1.54) is 12.1 Å². The number of benzene rings is 4. The number of hydrogen-bond donors (Lipinski definition) is 0. The number of rotatable bonds is 6. The topological polar surface area (TPSA) is 34.1 Å². The van der Waals surface area contributed by atoms with E-state index in [1.54, 1.807) is 103 Å². The fraction of sp³-hybridized carbons (Fsp3) is 0.0385. The number of carbonyl (C=O) groups is 1. The van der Waals surface area contributed by atoms with Gasteiger partial charge < -0.3 is 4.57 Å². The van der Waals surface area contributed by atoms with E-state index in [0.29, 0.717) is 0 Å². The van der Waals surface area contributed by atoms with Gasteiger partial charge in [-0.15, -0.1) is 0 Å². The molecule has 4 rings (SSSR count). The Bertz CT molecular complexity index is 1190. The van der Waals surface area contributed by atoms with Crippen LogP contribution in [0.5, 0.6) is 0 Å². The first-order valence-corrected chi connectivity index (χ1v) is 12.2. The molecule has 0 fully saturated rings. The maximum Gasteiger partial charge on any atom is 0.257 e. The lowest BCUT2D eigenvalue weighted by atomic mass is 10.0. The molecule has 0 N–H and O–H groups in total. The van der Waals surface area contributed by atoms with E-state index >= 15 is 4.39 Å². The highest BCUT2D eigenvalue weighted by molar-refractivity contribution is 9.10. The van der Waals surface area contributed by atoms with Crippen LogP contribution < -0.4 is 10.6 Å². The smallest absolute Gasteiger partial charge is 0.257 e. The minimum atomic E-state index is -4.13. The van der Waals surface area contributed by atoms with Gasteiger partial charge in [0, 0.05) is 26.2 Å². The van der Waals surface area contributed by atoms with Gasteiger partial charge in [-0.1, -0.05) is 119 Å². The third kappa shape index (κ3) is 3.71. The molecule has 31 heavy (non-hydrogen) atoms. The van der Waals surface area contributed by atoms with E-state index in [1.807, 2.05) is 0 Å². The summed E-state index contributed by atoms with van der Waals surface area (Å²) in [5, 5.41) is -2.21. The monoisotopic (exact) mass is 492 g/mol. The molecule has 154 valence electrons. The van der Waals surface area contributed by atoms with Crippen LogP contribution in [-0.2, 0) is 9.97 Å². The molecular weight excluding hydrogens is 474 g/mol. The summed E-state index contributed by atoms with van der Waals surface area (Å²) < 4.78 is 33.2. The van der Waals surface area contributed by atoms with Gasteiger partial charge in [0.15, 0.2) is 7.14 Å². The second-order valence-electron chi connectivity index (χ2n) is 7.10. The molecule has 0 aromatic heterocycles. The van der Waals surface area contributed by atoms with Crippen molar-refractivity contribution in [2.45, 2.75) is 5.41 Å². The number of hydrogen-bond acceptors (Lipinski definition) is 2. The molecule has 4 aromatic rings. The molecular formula is C26H19BrFO2P. The maximum absolute atomic E-state index is 17.5. The van der Waals surface area contributed by atoms with Crippen molar-refractivity contribution in [2.24, 2.45) is 0 Å². The first kappa shape index (κ1) is 21.4. The summed E-state index contributed by atoms with van der Waals surface area (Å²) in [6.07, 6.45) is 0. The minimum Gasteiger partial charge on any atom is -0.309 e. The summed E-state index contributed by atoms with van der Waals surface area (Å²) in [6.45, 7) is 0. The molecule has 0 saturated carbocycles. The first-order chi connectivity index (χ1) is 15.0. The summed E-state index contributed by atoms with van der Waals surface area (Å²) in [4.78, 5) is 13.8. The highest BCUT2D eigenvalue weighted by atomic mass is 79.9. The number of alkyl halides is 1. The van der Waals surface area contributed by atoms with Gasteiger partial charge in [0.1, 0.15) is 0 Å². The highest BCUT2D eigenvalue weighted by Crippen LogP contribution is 2.63. The minimum absolute atomic E-state index is 0.0685. The maximum atomic E-state index is 17.5. The Hall–Kier alpha value is -2.81. The molecule has 1 atom stereocenters. The third-order valence-electron chi connectivity index (χ3n) is 5.24. The number of Topliss-reactive ketones (excluding diaryl/α,β-unsaturated/α-hetero) is 1. The van der Waals surface area contributed by atoms with Crippen molar-refractivity contribution in [3.63, 3.8) is 0 Å². The number of carbonyl (C=O) groups excluding carboxylic acids is 1. The second-order valence-corrected chi connectivity index (χ2v) is 10.9. The van der Waals surface area contributed by atoms with Crippen LogP contribution in [0, 0.1) is 0 Å². The highest BCUT2D eigenvalue weighted by Gasteiger charge is 2.58. The largest absolute Gasteiger partial charge is 0.309 e. The zero-order chi connectivity index (χ0) is 21.9. The van der Waals surface area contributed by atoms with Gasteiger partial charge in [0.2, 0.25) is 5.78 Å². The lowest BCUT2D eigenvalue weighted by molar-refractivity contribution is 0.0824. The van der Waals surface area contributed by atoms with Crippen LogP contribution in [-0.4, -0.2) is 5.78 Å². The fourth-order valence-corrected chi connectivity index (χ4v) is 7.07. The Balaban J connectivity index is 2.06. The van der Waals surface area contributed by atoms with Crippen LogP contribution in [0.4, 0.5) is 4.39 Å². The number of halogens is 2. The summed E-state index contributed by atoms with van der Waals surface area (Å²) in [5.74, 6) is -0.831. The Kier molecular flexibility index (Phi) is 6.04. The van der Waals surface area contributed by atoms with Crippen molar-refractivity contribution in [3.8, 4) is 0 Å². The Morgan fingerprint density at radius 2 is 1.10 bits per heavy atom. The molecule has 0 unspecified atom stereocenters. The molecule has 0 radical (unpaired) electrons. The average molecular weight is 493 g/mol. The zero-order valence-corrected chi connectivity index (χ0v) is 19.0. The Labute approximate surface area is 189 Å². The van der Waals surface area contributed by atoms with Gasteiger partial charge in [0.05, 0.1) is 0 Å². The molecule has 5 heteroatoms. The SMILES string of the molecule is O=C(c1ccc(Br)cc1)[C@](F)(c1ccccc1)P(=O)(c1ccccc1)c1ccccc1. The number of ketones is 1. The van der Waals surface area contributed by atoms with E-state index in [4.69, 9.17) is 0 Å². The van der Waals surface area contributed by atoms with E-state index in [9.17, 15) is 9.36 Å². The average Bonchev–Trinajstić information content (AvgIpc) is 2.84. The van der Waals surface area contributed by atoms with Crippen LogP contribution in [0.2, 0.25) is 0 Å². The van der Waals surface area contributed by atoms with Gasteiger partial charge in [-0.3, -0.25) is 4.79 Å². The molecule has 0 bridgehead atoms. The quantitative estimate of drug-likeness (QED) is 0.228. The Morgan fingerprint density at radius 1 is 0.677 bits per heavy atom. The van der Waals surface area contributed by atoms with Gasteiger partial charge in [-0.05, 0) is 12.1 Å². The van der Waals surface area contributed by atoms with Crippen LogP contribution in [0.1, 0.15) is 15.9 Å². The lowest BCUT2D eigenvalue weighted by Gasteiger charge is -2.34. The van der Waals surface area contributed by atoms with Gasteiger partial charge >= 0.3 is 0 Å². The molecule has 0 heterocycles. The van der Waals surface area contributed by atoms with Crippen molar-refractivity contribution in [1.29, 1.82) is 0 Å². The van der Waals surface area contributed by atoms with E-state index < -0.39 is 18.3 Å². The van der Waals surface area contributed by atoms with Crippen molar-refractivity contribution in [1.82, 2.24) is 0 Å². The van der Waals surface area contributed by atoms with Crippen molar-refractivity contribution in [2.75, 3.05) is 0 Å². The normalized spacial score (nSPS) is 13.4. The first-order valence-electron chi connectivity index (χ1n) is 9.74. The van der Waals surface area contributed by atoms with E-state index in [0.717, 1.165) is 4.47 Å². The van der Waals surface area contributed by atoms with Crippen molar-refractivity contribution >= 4 is 39.5 Å². The summed E-state index contributed by atoms with van der Waals surface area (Å²) >= 11 is 3.34. The van der Waals surface area contributed by atoms with E-state index in [2.05, 4.69) is 15.9 Å². The predicted molar refractivity (Wildman–Crippen MR) is 127 cm³/mol. The van der Waals surface area contributed by atoms with Crippen LogP contribution >= 0.6 is 23.1 Å². The lowest BCUT2D eigenvalue weighted by Crippen LogP contribution is -2.39. The molecule has 0 aliphatic carbocycles. The van der Waals surface area contributed by atoms with Gasteiger partial charge in [-0.25, -0.2) is 4.39 Å². The summed E-state index contributed by atoms with van der Waals surface area (Å²) in [5.41, 5.74) is 0.223. The molecule has 0 aliphatic heterocycles. The molecule has 4 aromatic carbocycles. The Morgan fingerprint density at radius 3 is 1.55 bits per heavy atom.